The number of ether oxygens (including phenoxy) is 1. The molecule has 3 rings (SSSR count). The number of nitrogens with zero attached hydrogens (tertiary/aromatic N) is 2. The summed E-state index contributed by atoms with van der Waals surface area (Å²) in [4.78, 5) is 8.35. The van der Waals surface area contributed by atoms with E-state index < -0.39 is 0 Å². The fourth-order valence-electron chi connectivity index (χ4n) is 2.77. The zero-order valence-corrected chi connectivity index (χ0v) is 13.4. The number of fused-ring (bicyclic) bond motifs is 1. The maximum atomic E-state index is 5.28. The molecule has 21 heavy (non-hydrogen) atoms. The van der Waals surface area contributed by atoms with Gasteiger partial charge in [0.1, 0.15) is 5.75 Å². The van der Waals surface area contributed by atoms with Crippen molar-refractivity contribution in [2.24, 2.45) is 0 Å². The van der Waals surface area contributed by atoms with E-state index in [1.807, 2.05) is 30.1 Å². The van der Waals surface area contributed by atoms with Crippen molar-refractivity contribution in [1.82, 2.24) is 9.88 Å². The van der Waals surface area contributed by atoms with Crippen molar-refractivity contribution in [2.45, 2.75) is 24.2 Å². The highest BCUT2D eigenvalue weighted by Gasteiger charge is 2.09. The Kier molecular flexibility index (Phi) is 4.99. The molecule has 1 aromatic heterocycles. The monoisotopic (exact) mass is 302 g/mol. The van der Waals surface area contributed by atoms with Gasteiger partial charge in [0.05, 0.1) is 12.6 Å². The van der Waals surface area contributed by atoms with E-state index >= 15 is 0 Å². The van der Waals surface area contributed by atoms with Crippen molar-refractivity contribution >= 4 is 22.7 Å². The number of piperidine rings is 1. The highest BCUT2D eigenvalue weighted by atomic mass is 32.2. The molecule has 0 unspecified atom stereocenters. The van der Waals surface area contributed by atoms with Crippen LogP contribution < -0.4 is 4.74 Å². The maximum absolute atomic E-state index is 5.28. The number of likely N-dealkylation sites (tertiary alicyclic amines) is 1. The van der Waals surface area contributed by atoms with Crippen LogP contribution >= 0.6 is 11.8 Å². The summed E-state index contributed by atoms with van der Waals surface area (Å²) < 4.78 is 5.28. The quantitative estimate of drug-likeness (QED) is 0.784. The topological polar surface area (TPSA) is 25.4 Å². The first-order valence-corrected chi connectivity index (χ1v) is 8.63. The van der Waals surface area contributed by atoms with E-state index in [1.54, 1.807) is 7.11 Å². The van der Waals surface area contributed by atoms with Gasteiger partial charge >= 0.3 is 0 Å². The molecule has 3 nitrogen and oxygen atoms in total. The second-order valence-corrected chi connectivity index (χ2v) is 6.65. The molecule has 1 aliphatic rings. The molecule has 0 amide bonds. The van der Waals surface area contributed by atoms with Crippen LogP contribution in [0.15, 0.2) is 35.4 Å². The standard InChI is InChI=1S/C17H22N2OS/c1-20-15-5-6-17-14(11-15)12-16(13-18-17)21-10-9-19-7-3-2-4-8-19/h5-6,11-13H,2-4,7-10H2,1H3. The van der Waals surface area contributed by atoms with Crippen molar-refractivity contribution in [1.29, 1.82) is 0 Å². The number of thioether (sulfide) groups is 1. The van der Waals surface area contributed by atoms with Crippen LogP contribution in [-0.4, -0.2) is 42.4 Å². The van der Waals surface area contributed by atoms with Gasteiger partial charge in [0.2, 0.25) is 0 Å². The average molecular weight is 302 g/mol. The van der Waals surface area contributed by atoms with Gasteiger partial charge in [-0.25, -0.2) is 0 Å². The van der Waals surface area contributed by atoms with Crippen LogP contribution in [0.1, 0.15) is 19.3 Å². The van der Waals surface area contributed by atoms with Crippen molar-refractivity contribution in [3.05, 3.63) is 30.5 Å². The van der Waals surface area contributed by atoms with Crippen LogP contribution in [-0.2, 0) is 0 Å². The first-order chi connectivity index (χ1) is 10.3. The second kappa shape index (κ2) is 7.14. The molecule has 2 aromatic rings. The molecule has 1 saturated heterocycles. The number of benzene rings is 1. The minimum absolute atomic E-state index is 0.889. The number of hydrogen-bond donors (Lipinski definition) is 0. The molecule has 0 aliphatic carbocycles. The van der Waals surface area contributed by atoms with E-state index in [0.717, 1.165) is 22.4 Å². The van der Waals surface area contributed by atoms with Gasteiger partial charge < -0.3 is 9.64 Å². The van der Waals surface area contributed by atoms with E-state index in [9.17, 15) is 0 Å². The number of rotatable bonds is 5. The zero-order chi connectivity index (χ0) is 14.5. The molecule has 0 N–H and O–H groups in total. The largest absolute Gasteiger partial charge is 0.497 e. The molecule has 0 atom stereocenters. The fraction of sp³-hybridized carbons (Fsp3) is 0.471. The van der Waals surface area contributed by atoms with Crippen LogP contribution in [0.25, 0.3) is 10.9 Å². The molecular formula is C17H22N2OS. The lowest BCUT2D eigenvalue weighted by Crippen LogP contribution is -2.31. The predicted molar refractivity (Wildman–Crippen MR) is 89.3 cm³/mol. The van der Waals surface area contributed by atoms with E-state index in [2.05, 4.69) is 22.0 Å². The van der Waals surface area contributed by atoms with Crippen molar-refractivity contribution in [3.63, 3.8) is 0 Å². The lowest BCUT2D eigenvalue weighted by molar-refractivity contribution is 0.242. The first kappa shape index (κ1) is 14.7. The SMILES string of the molecule is COc1ccc2ncc(SCCN3CCCCC3)cc2c1. The lowest BCUT2D eigenvalue weighted by atomic mass is 10.1. The second-order valence-electron chi connectivity index (χ2n) is 5.48. The smallest absolute Gasteiger partial charge is 0.119 e. The minimum atomic E-state index is 0.889. The fourth-order valence-corrected chi connectivity index (χ4v) is 3.69. The van der Waals surface area contributed by atoms with E-state index in [1.165, 1.54) is 43.8 Å². The number of hydrogen-bond acceptors (Lipinski definition) is 4. The zero-order valence-electron chi connectivity index (χ0n) is 12.5. The van der Waals surface area contributed by atoms with Crippen LogP contribution in [0.4, 0.5) is 0 Å². The summed E-state index contributed by atoms with van der Waals surface area (Å²) in [5.74, 6) is 2.02. The summed E-state index contributed by atoms with van der Waals surface area (Å²) in [5, 5.41) is 1.15. The normalized spacial score (nSPS) is 16.2. The van der Waals surface area contributed by atoms with Gasteiger partial charge in [-0.15, -0.1) is 11.8 Å². The number of pyridine rings is 1. The summed E-state index contributed by atoms with van der Waals surface area (Å²) in [6.45, 7) is 3.72. The Morgan fingerprint density at radius 1 is 1.19 bits per heavy atom. The Bertz CT molecular complexity index is 596. The van der Waals surface area contributed by atoms with Crippen LogP contribution in [0, 0.1) is 0 Å². The van der Waals surface area contributed by atoms with Gasteiger partial charge in [0.15, 0.2) is 0 Å². The van der Waals surface area contributed by atoms with Gasteiger partial charge in [-0.05, 0) is 50.2 Å². The summed E-state index contributed by atoms with van der Waals surface area (Å²) >= 11 is 1.90. The van der Waals surface area contributed by atoms with E-state index in [0.29, 0.717) is 0 Å². The maximum Gasteiger partial charge on any atom is 0.119 e. The summed E-state index contributed by atoms with van der Waals surface area (Å²) in [6.07, 6.45) is 6.11. The van der Waals surface area contributed by atoms with Gasteiger partial charge in [-0.2, -0.15) is 0 Å². The Hall–Kier alpha value is -1.26. The minimum Gasteiger partial charge on any atom is -0.497 e. The highest BCUT2D eigenvalue weighted by Crippen LogP contribution is 2.25. The van der Waals surface area contributed by atoms with Gasteiger partial charge in [0, 0.05) is 28.8 Å². The number of methoxy groups -OCH3 is 1. The molecule has 0 spiro atoms. The third-order valence-corrected chi connectivity index (χ3v) is 4.93. The Morgan fingerprint density at radius 2 is 2.05 bits per heavy atom. The van der Waals surface area contributed by atoms with Gasteiger partial charge in [0.25, 0.3) is 0 Å². The summed E-state index contributed by atoms with van der Waals surface area (Å²) in [7, 11) is 1.70. The molecule has 2 heterocycles. The molecule has 1 aliphatic heterocycles. The van der Waals surface area contributed by atoms with Gasteiger partial charge in [-0.1, -0.05) is 6.42 Å². The molecular weight excluding hydrogens is 280 g/mol. The molecule has 1 aromatic carbocycles. The molecule has 112 valence electrons. The van der Waals surface area contributed by atoms with Crippen LogP contribution in [0.2, 0.25) is 0 Å². The van der Waals surface area contributed by atoms with Crippen molar-refractivity contribution in [2.75, 3.05) is 32.5 Å². The molecule has 0 bridgehead atoms. The van der Waals surface area contributed by atoms with Crippen molar-refractivity contribution < 1.29 is 4.74 Å². The third kappa shape index (κ3) is 3.89. The van der Waals surface area contributed by atoms with Crippen LogP contribution in [0.5, 0.6) is 5.75 Å². The third-order valence-electron chi connectivity index (χ3n) is 3.99. The van der Waals surface area contributed by atoms with Gasteiger partial charge in [-0.3, -0.25) is 4.98 Å². The summed E-state index contributed by atoms with van der Waals surface area (Å²) in [6, 6.07) is 8.23. The van der Waals surface area contributed by atoms with E-state index in [-0.39, 0.29) is 0 Å². The molecule has 0 radical (unpaired) electrons. The Balaban J connectivity index is 1.60. The summed E-state index contributed by atoms with van der Waals surface area (Å²) in [5.41, 5.74) is 1.02. The van der Waals surface area contributed by atoms with Crippen LogP contribution in [0.3, 0.4) is 0 Å². The molecule has 1 fully saturated rings. The predicted octanol–water partition coefficient (Wildman–Crippen LogP) is 3.82. The van der Waals surface area contributed by atoms with E-state index in [4.69, 9.17) is 4.74 Å². The van der Waals surface area contributed by atoms with Crippen molar-refractivity contribution in [3.8, 4) is 5.75 Å². The molecule has 0 saturated carbocycles. The Morgan fingerprint density at radius 3 is 2.86 bits per heavy atom. The highest BCUT2D eigenvalue weighted by molar-refractivity contribution is 7.99. The first-order valence-electron chi connectivity index (χ1n) is 7.64. The number of aromatic nitrogens is 1. The average Bonchev–Trinajstić information content (AvgIpc) is 2.55. The molecule has 4 heteroatoms. The lowest BCUT2D eigenvalue weighted by Gasteiger charge is -2.26. The Labute approximate surface area is 130 Å².